The number of nitrogens with one attached hydrogen (secondary N) is 1. The topological polar surface area (TPSA) is 12.0 Å². The molecule has 0 saturated heterocycles. The third kappa shape index (κ3) is 1.67. The molecule has 1 aromatic rings. The van der Waals surface area contributed by atoms with Crippen LogP contribution in [0.4, 0.5) is 5.69 Å². The summed E-state index contributed by atoms with van der Waals surface area (Å²) >= 11 is 1.92. The van der Waals surface area contributed by atoms with Crippen molar-refractivity contribution < 1.29 is 0 Å². The van der Waals surface area contributed by atoms with E-state index >= 15 is 0 Å². The van der Waals surface area contributed by atoms with Crippen molar-refractivity contribution in [2.75, 3.05) is 5.32 Å². The Hall–Kier alpha value is -0.890. The van der Waals surface area contributed by atoms with E-state index in [-0.39, 0.29) is 5.54 Å². The second kappa shape index (κ2) is 3.60. The third-order valence-electron chi connectivity index (χ3n) is 3.28. The summed E-state index contributed by atoms with van der Waals surface area (Å²) in [5.41, 5.74) is 2.42. The Balaban J connectivity index is 2.41. The number of thioether (sulfide) groups is 1. The summed E-state index contributed by atoms with van der Waals surface area (Å²) in [7, 11) is 0. The van der Waals surface area contributed by atoms with Crippen molar-refractivity contribution in [2.45, 2.75) is 36.5 Å². The zero-order chi connectivity index (χ0) is 11.1. The van der Waals surface area contributed by atoms with Gasteiger partial charge in [0.25, 0.3) is 0 Å². The fourth-order valence-corrected chi connectivity index (χ4v) is 3.10. The lowest BCUT2D eigenvalue weighted by atomic mass is 9.90. The van der Waals surface area contributed by atoms with Gasteiger partial charge < -0.3 is 5.32 Å². The van der Waals surface area contributed by atoms with Crippen LogP contribution in [0.5, 0.6) is 0 Å². The van der Waals surface area contributed by atoms with Gasteiger partial charge in [-0.05, 0) is 26.0 Å². The number of hydrogen-bond donors (Lipinski definition) is 1. The van der Waals surface area contributed by atoms with E-state index in [0.717, 1.165) is 0 Å². The Morgan fingerprint density at radius 2 is 2.13 bits per heavy atom. The number of benzene rings is 1. The summed E-state index contributed by atoms with van der Waals surface area (Å²) in [5, 5.41) is 4.11. The maximum Gasteiger partial charge on any atom is 0.0671 e. The molecule has 2 heteroatoms. The molecule has 2 rings (SSSR count). The van der Waals surface area contributed by atoms with Crippen LogP contribution in [0, 0.1) is 0 Å². The molecule has 0 aliphatic carbocycles. The van der Waals surface area contributed by atoms with Crippen LogP contribution in [0.15, 0.2) is 41.3 Å². The highest BCUT2D eigenvalue weighted by atomic mass is 32.2. The van der Waals surface area contributed by atoms with Gasteiger partial charge in [0.05, 0.1) is 5.54 Å². The third-order valence-corrected chi connectivity index (χ3v) is 4.72. The average molecular weight is 219 g/mol. The first kappa shape index (κ1) is 10.6. The Morgan fingerprint density at radius 3 is 2.80 bits per heavy atom. The standard InChI is InChI=1S/C13H17NS/c1-9(2)13(4)10(3)15-12-8-6-5-7-11(12)14-13/h5-8,10,14H,1H2,2-4H3/t10-,13-/m0/s1. The zero-order valence-corrected chi connectivity index (χ0v) is 10.3. The quantitative estimate of drug-likeness (QED) is 0.718. The fourth-order valence-electron chi connectivity index (χ4n) is 1.82. The molecule has 0 unspecified atom stereocenters. The van der Waals surface area contributed by atoms with E-state index in [9.17, 15) is 0 Å². The summed E-state index contributed by atoms with van der Waals surface area (Å²) in [6.07, 6.45) is 0. The largest absolute Gasteiger partial charge is 0.374 e. The molecular weight excluding hydrogens is 202 g/mol. The van der Waals surface area contributed by atoms with Crippen molar-refractivity contribution in [1.82, 2.24) is 0 Å². The SMILES string of the molecule is C=C(C)[C@]1(C)Nc2ccccc2S[C@H]1C. The van der Waals surface area contributed by atoms with Gasteiger partial charge in [-0.25, -0.2) is 0 Å². The summed E-state index contributed by atoms with van der Waals surface area (Å²) in [5.74, 6) is 0. The predicted molar refractivity (Wildman–Crippen MR) is 68.6 cm³/mol. The van der Waals surface area contributed by atoms with Gasteiger partial charge in [0.2, 0.25) is 0 Å². The monoisotopic (exact) mass is 219 g/mol. The van der Waals surface area contributed by atoms with Crippen LogP contribution < -0.4 is 5.32 Å². The molecule has 0 saturated carbocycles. The maximum absolute atomic E-state index is 4.10. The first-order chi connectivity index (χ1) is 7.04. The lowest BCUT2D eigenvalue weighted by Gasteiger charge is -2.42. The second-order valence-electron chi connectivity index (χ2n) is 4.36. The number of anilines is 1. The van der Waals surface area contributed by atoms with Crippen LogP contribution in [-0.2, 0) is 0 Å². The smallest absolute Gasteiger partial charge is 0.0671 e. The molecule has 1 N–H and O–H groups in total. The van der Waals surface area contributed by atoms with Crippen molar-refractivity contribution in [2.24, 2.45) is 0 Å². The number of fused-ring (bicyclic) bond motifs is 1. The first-order valence-electron chi connectivity index (χ1n) is 5.24. The number of hydrogen-bond acceptors (Lipinski definition) is 2. The van der Waals surface area contributed by atoms with Crippen LogP contribution in [-0.4, -0.2) is 10.8 Å². The molecule has 1 aromatic carbocycles. The molecule has 0 spiro atoms. The molecule has 0 amide bonds. The Morgan fingerprint density at radius 1 is 1.47 bits per heavy atom. The number of para-hydroxylation sites is 1. The van der Waals surface area contributed by atoms with Crippen molar-refractivity contribution in [3.05, 3.63) is 36.4 Å². The Labute approximate surface area is 96.0 Å². The van der Waals surface area contributed by atoms with Gasteiger partial charge in [0.15, 0.2) is 0 Å². The van der Waals surface area contributed by atoms with E-state index in [1.165, 1.54) is 16.2 Å². The van der Waals surface area contributed by atoms with E-state index in [0.29, 0.717) is 5.25 Å². The van der Waals surface area contributed by atoms with Gasteiger partial charge >= 0.3 is 0 Å². The van der Waals surface area contributed by atoms with E-state index in [1.807, 2.05) is 11.8 Å². The second-order valence-corrected chi connectivity index (χ2v) is 5.75. The fraction of sp³-hybridized carbons (Fsp3) is 0.385. The van der Waals surface area contributed by atoms with E-state index in [1.54, 1.807) is 0 Å². The summed E-state index contributed by atoms with van der Waals surface area (Å²) in [4.78, 5) is 1.34. The van der Waals surface area contributed by atoms with Crippen LogP contribution in [0.3, 0.4) is 0 Å². The molecule has 1 aliphatic heterocycles. The highest BCUT2D eigenvalue weighted by Gasteiger charge is 2.36. The molecular formula is C13H17NS. The molecule has 80 valence electrons. The predicted octanol–water partition coefficient (Wildman–Crippen LogP) is 3.93. The van der Waals surface area contributed by atoms with E-state index in [4.69, 9.17) is 0 Å². The Bertz CT molecular complexity index is 399. The van der Waals surface area contributed by atoms with Gasteiger partial charge in [0.1, 0.15) is 0 Å². The van der Waals surface area contributed by atoms with E-state index in [2.05, 4.69) is 56.9 Å². The van der Waals surface area contributed by atoms with Crippen LogP contribution in [0.25, 0.3) is 0 Å². The highest BCUT2D eigenvalue weighted by Crippen LogP contribution is 2.44. The van der Waals surface area contributed by atoms with Gasteiger partial charge in [-0.3, -0.25) is 0 Å². The summed E-state index contributed by atoms with van der Waals surface area (Å²) in [6.45, 7) is 10.7. The molecule has 2 atom stereocenters. The van der Waals surface area contributed by atoms with Crippen molar-refractivity contribution in [3.63, 3.8) is 0 Å². The minimum absolute atomic E-state index is 0.000972. The Kier molecular flexibility index (Phi) is 2.55. The molecule has 0 fully saturated rings. The first-order valence-corrected chi connectivity index (χ1v) is 6.12. The molecule has 15 heavy (non-hydrogen) atoms. The summed E-state index contributed by atoms with van der Waals surface area (Å²) < 4.78 is 0. The zero-order valence-electron chi connectivity index (χ0n) is 9.50. The van der Waals surface area contributed by atoms with Crippen molar-refractivity contribution >= 4 is 17.4 Å². The minimum atomic E-state index is -0.000972. The molecule has 1 aliphatic rings. The van der Waals surface area contributed by atoms with Crippen molar-refractivity contribution in [3.8, 4) is 0 Å². The maximum atomic E-state index is 4.10. The lowest BCUT2D eigenvalue weighted by Crippen LogP contribution is -2.46. The minimum Gasteiger partial charge on any atom is -0.374 e. The molecule has 1 heterocycles. The van der Waals surface area contributed by atoms with Crippen molar-refractivity contribution in [1.29, 1.82) is 0 Å². The highest BCUT2D eigenvalue weighted by molar-refractivity contribution is 8.00. The lowest BCUT2D eigenvalue weighted by molar-refractivity contribution is 0.584. The molecule has 0 bridgehead atoms. The molecule has 0 aromatic heterocycles. The normalized spacial score (nSPS) is 29.1. The van der Waals surface area contributed by atoms with E-state index < -0.39 is 0 Å². The van der Waals surface area contributed by atoms with Gasteiger partial charge in [-0.2, -0.15) is 0 Å². The van der Waals surface area contributed by atoms with Gasteiger partial charge in [-0.1, -0.05) is 31.2 Å². The molecule has 1 nitrogen and oxygen atoms in total. The van der Waals surface area contributed by atoms with Crippen LogP contribution >= 0.6 is 11.8 Å². The molecule has 0 radical (unpaired) electrons. The summed E-state index contributed by atoms with van der Waals surface area (Å²) in [6, 6.07) is 8.46. The van der Waals surface area contributed by atoms with Crippen LogP contribution in [0.1, 0.15) is 20.8 Å². The van der Waals surface area contributed by atoms with Crippen LogP contribution in [0.2, 0.25) is 0 Å². The number of rotatable bonds is 1. The van der Waals surface area contributed by atoms with Gasteiger partial charge in [0, 0.05) is 15.8 Å². The van der Waals surface area contributed by atoms with Gasteiger partial charge in [-0.15, -0.1) is 11.8 Å². The average Bonchev–Trinajstić information content (AvgIpc) is 2.19.